The van der Waals surface area contributed by atoms with Crippen LogP contribution in [-0.2, 0) is 26.3 Å². The zero-order valence-corrected chi connectivity index (χ0v) is 18.3. The standard InChI is InChI=1S/C22H31F3N6/c1-4-26-21(27-13-18-15-30(3)29-20(18)22(23,24)25)28-19-10-11-31(16(2)12-19)14-17-8-6-5-7-9-17/h5-9,15-16,19H,4,10-14H2,1-3H3,(H2,26,27,28). The van der Waals surface area contributed by atoms with Gasteiger partial charge in [0, 0.05) is 50.5 Å². The van der Waals surface area contributed by atoms with Crippen LogP contribution in [0.1, 0.15) is 43.5 Å². The predicted molar refractivity (Wildman–Crippen MR) is 115 cm³/mol. The number of aryl methyl sites for hydroxylation is 1. The van der Waals surface area contributed by atoms with E-state index in [2.05, 4.69) is 56.8 Å². The Morgan fingerprint density at radius 2 is 2.00 bits per heavy atom. The summed E-state index contributed by atoms with van der Waals surface area (Å²) in [6.45, 7) is 6.57. The van der Waals surface area contributed by atoms with Crippen molar-refractivity contribution >= 4 is 5.96 Å². The molecule has 1 saturated heterocycles. The molecule has 1 aromatic heterocycles. The number of likely N-dealkylation sites (tertiary alicyclic amines) is 1. The highest BCUT2D eigenvalue weighted by Crippen LogP contribution is 2.30. The molecule has 0 spiro atoms. The second-order valence-electron chi connectivity index (χ2n) is 8.04. The van der Waals surface area contributed by atoms with E-state index in [0.29, 0.717) is 18.5 Å². The fourth-order valence-corrected chi connectivity index (χ4v) is 3.97. The van der Waals surface area contributed by atoms with Gasteiger partial charge < -0.3 is 10.6 Å². The lowest BCUT2D eigenvalue weighted by atomic mass is 9.97. The van der Waals surface area contributed by atoms with Gasteiger partial charge in [0.15, 0.2) is 11.7 Å². The highest BCUT2D eigenvalue weighted by atomic mass is 19.4. The Bertz CT molecular complexity index is 862. The van der Waals surface area contributed by atoms with Crippen molar-refractivity contribution in [2.24, 2.45) is 12.0 Å². The van der Waals surface area contributed by atoms with Crippen molar-refractivity contribution in [2.45, 2.75) is 58.0 Å². The molecule has 31 heavy (non-hydrogen) atoms. The molecular weight excluding hydrogens is 405 g/mol. The number of nitrogens with zero attached hydrogens (tertiary/aromatic N) is 4. The fraction of sp³-hybridized carbons (Fsp3) is 0.545. The summed E-state index contributed by atoms with van der Waals surface area (Å²) in [6, 6.07) is 11.0. The van der Waals surface area contributed by atoms with Crippen LogP contribution in [0.15, 0.2) is 41.5 Å². The first-order valence-electron chi connectivity index (χ1n) is 10.7. The van der Waals surface area contributed by atoms with Crippen LogP contribution in [0.2, 0.25) is 0 Å². The number of alkyl halides is 3. The van der Waals surface area contributed by atoms with Gasteiger partial charge in [-0.05, 0) is 32.3 Å². The molecule has 2 N–H and O–H groups in total. The quantitative estimate of drug-likeness (QED) is 0.537. The van der Waals surface area contributed by atoms with Gasteiger partial charge in [0.05, 0.1) is 6.54 Å². The summed E-state index contributed by atoms with van der Waals surface area (Å²) in [5, 5.41) is 10.1. The van der Waals surface area contributed by atoms with E-state index in [1.54, 1.807) is 0 Å². The van der Waals surface area contributed by atoms with Crippen LogP contribution in [0.4, 0.5) is 13.2 Å². The third kappa shape index (κ3) is 6.46. The number of hydrogen-bond donors (Lipinski definition) is 2. The minimum Gasteiger partial charge on any atom is -0.357 e. The molecule has 0 saturated carbocycles. The zero-order valence-electron chi connectivity index (χ0n) is 18.3. The molecule has 2 atom stereocenters. The topological polar surface area (TPSA) is 57.5 Å². The average Bonchev–Trinajstić information content (AvgIpc) is 3.10. The number of halogens is 3. The molecule has 2 unspecified atom stereocenters. The third-order valence-corrected chi connectivity index (χ3v) is 5.51. The maximum atomic E-state index is 13.2. The van der Waals surface area contributed by atoms with Crippen molar-refractivity contribution in [2.75, 3.05) is 13.1 Å². The summed E-state index contributed by atoms with van der Waals surface area (Å²) in [6.07, 6.45) is -1.22. The molecular formula is C22H31F3N6. The predicted octanol–water partition coefficient (Wildman–Crippen LogP) is 3.55. The monoisotopic (exact) mass is 436 g/mol. The Hall–Kier alpha value is -2.55. The van der Waals surface area contributed by atoms with Gasteiger partial charge in [0.25, 0.3) is 0 Å². The molecule has 1 fully saturated rings. The molecule has 2 heterocycles. The average molecular weight is 437 g/mol. The summed E-state index contributed by atoms with van der Waals surface area (Å²) in [5.41, 5.74) is 0.489. The fourth-order valence-electron chi connectivity index (χ4n) is 3.97. The van der Waals surface area contributed by atoms with Crippen molar-refractivity contribution in [3.63, 3.8) is 0 Å². The molecule has 2 aromatic rings. The van der Waals surface area contributed by atoms with E-state index < -0.39 is 11.9 Å². The highest BCUT2D eigenvalue weighted by molar-refractivity contribution is 5.80. The summed E-state index contributed by atoms with van der Waals surface area (Å²) < 4.78 is 40.7. The molecule has 3 rings (SSSR count). The van der Waals surface area contributed by atoms with Crippen LogP contribution >= 0.6 is 0 Å². The number of aliphatic imine (C=N–C) groups is 1. The Morgan fingerprint density at radius 1 is 1.26 bits per heavy atom. The molecule has 0 aliphatic carbocycles. The van der Waals surface area contributed by atoms with Crippen LogP contribution in [0, 0.1) is 0 Å². The first-order chi connectivity index (χ1) is 14.8. The number of rotatable bonds is 6. The van der Waals surface area contributed by atoms with E-state index >= 15 is 0 Å². The Balaban J connectivity index is 1.61. The second-order valence-corrected chi connectivity index (χ2v) is 8.04. The smallest absolute Gasteiger partial charge is 0.357 e. The molecule has 6 nitrogen and oxygen atoms in total. The van der Waals surface area contributed by atoms with Crippen LogP contribution < -0.4 is 10.6 Å². The van der Waals surface area contributed by atoms with Crippen molar-refractivity contribution in [3.8, 4) is 0 Å². The maximum absolute atomic E-state index is 13.2. The molecule has 1 aromatic carbocycles. The largest absolute Gasteiger partial charge is 0.435 e. The number of benzene rings is 1. The summed E-state index contributed by atoms with van der Waals surface area (Å²) in [7, 11) is 1.48. The molecule has 1 aliphatic heterocycles. The van der Waals surface area contributed by atoms with Gasteiger partial charge in [-0.1, -0.05) is 30.3 Å². The van der Waals surface area contributed by atoms with Gasteiger partial charge in [-0.3, -0.25) is 9.58 Å². The zero-order chi connectivity index (χ0) is 22.4. The van der Waals surface area contributed by atoms with E-state index in [0.717, 1.165) is 25.9 Å². The lowest BCUT2D eigenvalue weighted by Gasteiger charge is -2.38. The second kappa shape index (κ2) is 10.2. The lowest BCUT2D eigenvalue weighted by Crippen LogP contribution is -2.51. The first kappa shape index (κ1) is 23.1. The minimum atomic E-state index is -4.49. The Kier molecular flexibility index (Phi) is 7.59. The van der Waals surface area contributed by atoms with E-state index in [1.807, 2.05) is 13.0 Å². The Labute approximate surface area is 181 Å². The Morgan fingerprint density at radius 3 is 2.65 bits per heavy atom. The third-order valence-electron chi connectivity index (χ3n) is 5.51. The first-order valence-corrected chi connectivity index (χ1v) is 10.7. The van der Waals surface area contributed by atoms with Crippen molar-refractivity contribution in [1.82, 2.24) is 25.3 Å². The SMILES string of the molecule is CCNC(=NCc1cn(C)nc1C(F)(F)F)NC1CCN(Cc2ccccc2)C(C)C1. The van der Waals surface area contributed by atoms with Crippen molar-refractivity contribution in [3.05, 3.63) is 53.3 Å². The van der Waals surface area contributed by atoms with Crippen molar-refractivity contribution in [1.29, 1.82) is 0 Å². The highest BCUT2D eigenvalue weighted by Gasteiger charge is 2.36. The number of hydrogen-bond acceptors (Lipinski definition) is 3. The molecule has 0 amide bonds. The van der Waals surface area contributed by atoms with Gasteiger partial charge in [-0.2, -0.15) is 18.3 Å². The normalized spacial score (nSPS) is 20.6. The van der Waals surface area contributed by atoms with E-state index in [9.17, 15) is 13.2 Å². The summed E-state index contributed by atoms with van der Waals surface area (Å²) in [5.74, 6) is 0.535. The minimum absolute atomic E-state index is 0.0678. The van der Waals surface area contributed by atoms with Gasteiger partial charge in [-0.15, -0.1) is 0 Å². The van der Waals surface area contributed by atoms with Gasteiger partial charge in [0.2, 0.25) is 0 Å². The summed E-state index contributed by atoms with van der Waals surface area (Å²) >= 11 is 0. The van der Waals surface area contributed by atoms with Crippen molar-refractivity contribution < 1.29 is 13.2 Å². The lowest BCUT2D eigenvalue weighted by molar-refractivity contribution is -0.142. The van der Waals surface area contributed by atoms with Gasteiger partial charge in [0.1, 0.15) is 0 Å². The van der Waals surface area contributed by atoms with Gasteiger partial charge in [-0.25, -0.2) is 4.99 Å². The van der Waals surface area contributed by atoms with E-state index in [-0.39, 0.29) is 18.2 Å². The maximum Gasteiger partial charge on any atom is 0.435 e. The molecule has 170 valence electrons. The van der Waals surface area contributed by atoms with Crippen LogP contribution in [-0.4, -0.2) is 45.8 Å². The van der Waals surface area contributed by atoms with Crippen LogP contribution in [0.25, 0.3) is 0 Å². The van der Waals surface area contributed by atoms with Crippen LogP contribution in [0.5, 0.6) is 0 Å². The molecule has 0 bridgehead atoms. The van der Waals surface area contributed by atoms with Crippen LogP contribution in [0.3, 0.4) is 0 Å². The van der Waals surface area contributed by atoms with Gasteiger partial charge >= 0.3 is 6.18 Å². The molecule has 9 heteroatoms. The molecule has 1 aliphatic rings. The molecule has 0 radical (unpaired) electrons. The number of nitrogens with one attached hydrogen (secondary N) is 2. The van der Waals surface area contributed by atoms with E-state index in [4.69, 9.17) is 0 Å². The summed E-state index contributed by atoms with van der Waals surface area (Å²) in [4.78, 5) is 6.87. The number of aromatic nitrogens is 2. The number of piperidine rings is 1. The number of guanidine groups is 1. The van der Waals surface area contributed by atoms with E-state index in [1.165, 1.54) is 23.5 Å².